The van der Waals surface area contributed by atoms with Gasteiger partial charge in [0.05, 0.1) is 5.69 Å². The van der Waals surface area contributed by atoms with E-state index in [1.165, 1.54) is 0 Å². The zero-order chi connectivity index (χ0) is 10.1. The van der Waals surface area contributed by atoms with Crippen molar-refractivity contribution in [1.29, 1.82) is 0 Å². The summed E-state index contributed by atoms with van der Waals surface area (Å²) in [7, 11) is 2.01. The maximum Gasteiger partial charge on any atom is 0.0506 e. The summed E-state index contributed by atoms with van der Waals surface area (Å²) in [6.07, 6.45) is 1.92. The van der Waals surface area contributed by atoms with Crippen LogP contribution in [0.5, 0.6) is 0 Å². The van der Waals surface area contributed by atoms with Crippen LogP contribution in [0.2, 0.25) is 0 Å². The predicted octanol–water partition coefficient (Wildman–Crippen LogP) is 4.02. The minimum Gasteiger partial charge on any atom is -0.350 e. The molecule has 0 bridgehead atoms. The fourth-order valence-electron chi connectivity index (χ4n) is 1.39. The fraction of sp³-hybridized carbons (Fsp3) is 0.0909. The van der Waals surface area contributed by atoms with Crippen molar-refractivity contribution in [3.05, 3.63) is 45.5 Å². The highest BCUT2D eigenvalue weighted by Gasteiger charge is 2.09. The third-order valence-electron chi connectivity index (χ3n) is 2.09. The van der Waals surface area contributed by atoms with E-state index < -0.39 is 0 Å². The number of halogens is 2. The average molecular weight is 314 g/mol. The van der Waals surface area contributed by atoms with Crippen LogP contribution in [-0.2, 0) is 7.05 Å². The van der Waals surface area contributed by atoms with Crippen LogP contribution in [-0.4, -0.2) is 4.57 Å². The molecule has 1 heterocycles. The van der Waals surface area contributed by atoms with Crippen LogP contribution in [0.1, 0.15) is 0 Å². The molecule has 2 rings (SSSR count). The third-order valence-corrected chi connectivity index (χ3v) is 3.41. The molecule has 0 atom stereocenters. The van der Waals surface area contributed by atoms with Crippen molar-refractivity contribution in [2.75, 3.05) is 0 Å². The Morgan fingerprint density at radius 3 is 2.36 bits per heavy atom. The Balaban J connectivity index is 2.68. The molecule has 0 amide bonds. The van der Waals surface area contributed by atoms with Gasteiger partial charge >= 0.3 is 0 Å². The van der Waals surface area contributed by atoms with Gasteiger partial charge in [-0.25, -0.2) is 0 Å². The van der Waals surface area contributed by atoms with Gasteiger partial charge in [0.1, 0.15) is 0 Å². The standard InChI is InChI=1S/C11H8Br2N/c1-14-7-3-6-10(14)11-8(12)4-2-5-9(11)13/h2,4-7H,1H3. The molecule has 0 unspecified atom stereocenters. The molecular formula is C11H8Br2N. The quantitative estimate of drug-likeness (QED) is 0.749. The minimum absolute atomic E-state index is 1.09. The van der Waals surface area contributed by atoms with E-state index >= 15 is 0 Å². The molecule has 1 aromatic heterocycles. The summed E-state index contributed by atoms with van der Waals surface area (Å²) in [6.45, 7) is 0. The number of aryl methyl sites for hydroxylation is 1. The first kappa shape index (κ1) is 9.99. The summed E-state index contributed by atoms with van der Waals surface area (Å²) < 4.78 is 4.22. The molecule has 0 aliphatic rings. The van der Waals surface area contributed by atoms with Crippen LogP contribution >= 0.6 is 31.9 Å². The summed E-state index contributed by atoms with van der Waals surface area (Å²) in [5.74, 6) is 0. The third kappa shape index (κ3) is 1.66. The SMILES string of the molecule is Cn1c[c]cc1-c1c(Br)cccc1Br. The van der Waals surface area contributed by atoms with Crippen LogP contribution in [0.25, 0.3) is 11.3 Å². The largest absolute Gasteiger partial charge is 0.350 e. The second-order valence-corrected chi connectivity index (χ2v) is 4.74. The number of hydrogen-bond acceptors (Lipinski definition) is 0. The monoisotopic (exact) mass is 312 g/mol. The summed E-state index contributed by atoms with van der Waals surface area (Å²) in [5.41, 5.74) is 2.31. The van der Waals surface area contributed by atoms with E-state index in [2.05, 4.69) is 37.9 Å². The van der Waals surface area contributed by atoms with E-state index in [4.69, 9.17) is 0 Å². The molecule has 2 aromatic rings. The van der Waals surface area contributed by atoms with Crippen molar-refractivity contribution in [2.24, 2.45) is 7.05 Å². The molecule has 0 aliphatic carbocycles. The van der Waals surface area contributed by atoms with Crippen LogP contribution in [0.15, 0.2) is 39.4 Å². The van der Waals surface area contributed by atoms with Gasteiger partial charge in [0.25, 0.3) is 0 Å². The van der Waals surface area contributed by atoms with E-state index in [-0.39, 0.29) is 0 Å². The molecule has 0 spiro atoms. The molecule has 0 aliphatic heterocycles. The molecule has 0 saturated carbocycles. The van der Waals surface area contributed by atoms with Crippen molar-refractivity contribution < 1.29 is 0 Å². The number of hydrogen-bond donors (Lipinski definition) is 0. The molecule has 1 aromatic carbocycles. The Morgan fingerprint density at radius 1 is 1.21 bits per heavy atom. The van der Waals surface area contributed by atoms with Crippen molar-refractivity contribution in [3.63, 3.8) is 0 Å². The lowest BCUT2D eigenvalue weighted by molar-refractivity contribution is 0.935. The van der Waals surface area contributed by atoms with E-state index in [1.54, 1.807) is 0 Å². The van der Waals surface area contributed by atoms with Crippen molar-refractivity contribution in [2.45, 2.75) is 0 Å². The van der Waals surface area contributed by atoms with Gasteiger partial charge in [0, 0.05) is 33.8 Å². The first-order chi connectivity index (χ1) is 6.70. The van der Waals surface area contributed by atoms with Gasteiger partial charge < -0.3 is 4.57 Å². The highest BCUT2D eigenvalue weighted by Crippen LogP contribution is 2.34. The van der Waals surface area contributed by atoms with E-state index in [0.717, 1.165) is 20.2 Å². The Labute approximate surface area is 100 Å². The van der Waals surface area contributed by atoms with Gasteiger partial charge in [-0.15, -0.1) is 0 Å². The van der Waals surface area contributed by atoms with Crippen molar-refractivity contribution in [3.8, 4) is 11.3 Å². The van der Waals surface area contributed by atoms with Gasteiger partial charge in [-0.05, 0) is 18.2 Å². The van der Waals surface area contributed by atoms with Gasteiger partial charge in [-0.2, -0.15) is 0 Å². The average Bonchev–Trinajstić information content (AvgIpc) is 2.52. The number of aromatic nitrogens is 1. The van der Waals surface area contributed by atoms with Crippen LogP contribution < -0.4 is 0 Å². The smallest absolute Gasteiger partial charge is 0.0506 e. The number of benzene rings is 1. The summed E-state index contributed by atoms with van der Waals surface area (Å²) >= 11 is 7.09. The Bertz CT molecular complexity index is 440. The molecular weight excluding hydrogens is 306 g/mol. The first-order valence-electron chi connectivity index (χ1n) is 4.17. The number of nitrogens with zero attached hydrogens (tertiary/aromatic N) is 1. The molecule has 0 saturated heterocycles. The molecule has 0 fully saturated rings. The molecule has 1 radical (unpaired) electrons. The second kappa shape index (κ2) is 3.91. The van der Waals surface area contributed by atoms with Crippen LogP contribution in [0.4, 0.5) is 0 Å². The Morgan fingerprint density at radius 2 is 1.86 bits per heavy atom. The van der Waals surface area contributed by atoms with Crippen molar-refractivity contribution in [1.82, 2.24) is 4.57 Å². The van der Waals surface area contributed by atoms with Gasteiger partial charge in [-0.3, -0.25) is 0 Å². The van der Waals surface area contributed by atoms with Crippen molar-refractivity contribution >= 4 is 31.9 Å². The molecule has 0 N–H and O–H groups in total. The highest BCUT2D eigenvalue weighted by molar-refractivity contribution is 9.11. The first-order valence-corrected chi connectivity index (χ1v) is 5.75. The summed E-state index contributed by atoms with van der Waals surface area (Å²) in [6, 6.07) is 11.1. The normalized spacial score (nSPS) is 10.5. The van der Waals surface area contributed by atoms with E-state index in [1.807, 2.05) is 42.1 Å². The molecule has 14 heavy (non-hydrogen) atoms. The zero-order valence-electron chi connectivity index (χ0n) is 7.59. The second-order valence-electron chi connectivity index (χ2n) is 3.03. The lowest BCUT2D eigenvalue weighted by Crippen LogP contribution is -1.90. The minimum atomic E-state index is 1.09. The van der Waals surface area contributed by atoms with Gasteiger partial charge in [0.2, 0.25) is 0 Å². The van der Waals surface area contributed by atoms with Crippen LogP contribution in [0.3, 0.4) is 0 Å². The van der Waals surface area contributed by atoms with Crippen LogP contribution in [0, 0.1) is 6.07 Å². The highest BCUT2D eigenvalue weighted by atomic mass is 79.9. The van der Waals surface area contributed by atoms with E-state index in [0.29, 0.717) is 0 Å². The van der Waals surface area contributed by atoms with E-state index in [9.17, 15) is 0 Å². The maximum absolute atomic E-state index is 3.55. The molecule has 1 nitrogen and oxygen atoms in total. The molecule has 3 heteroatoms. The Kier molecular flexibility index (Phi) is 2.79. The summed E-state index contributed by atoms with van der Waals surface area (Å²) in [4.78, 5) is 0. The lowest BCUT2D eigenvalue weighted by atomic mass is 10.1. The van der Waals surface area contributed by atoms with Gasteiger partial charge in [0.15, 0.2) is 0 Å². The molecule has 71 valence electrons. The lowest BCUT2D eigenvalue weighted by Gasteiger charge is -2.08. The fourth-order valence-corrected chi connectivity index (χ4v) is 2.80. The maximum atomic E-state index is 3.55. The predicted molar refractivity (Wildman–Crippen MR) is 65.1 cm³/mol. The Hall–Kier alpha value is -0.540. The zero-order valence-corrected chi connectivity index (χ0v) is 10.8. The topological polar surface area (TPSA) is 4.93 Å². The summed E-state index contributed by atoms with van der Waals surface area (Å²) in [5, 5.41) is 0. The van der Waals surface area contributed by atoms with Gasteiger partial charge in [-0.1, -0.05) is 37.9 Å². The number of rotatable bonds is 1.